The molecule has 0 unspecified atom stereocenters. The minimum Gasteiger partial charge on any atom is -0.459 e. The molecule has 112 valence electrons. The van der Waals surface area contributed by atoms with Crippen molar-refractivity contribution < 1.29 is 27.5 Å². The Hall–Kier alpha value is -1.35. The quantitative estimate of drug-likeness (QED) is 0.706. The topological polar surface area (TPSA) is 111 Å². The number of carbonyl (C=O) groups excluding carboxylic acids is 2. The highest BCUT2D eigenvalue weighted by Gasteiger charge is 2.26. The van der Waals surface area contributed by atoms with E-state index in [2.05, 4.69) is 4.74 Å². The lowest BCUT2D eigenvalue weighted by atomic mass is 10.2. The van der Waals surface area contributed by atoms with E-state index in [1.807, 2.05) is 4.72 Å². The first-order chi connectivity index (χ1) is 8.47. The van der Waals surface area contributed by atoms with Gasteiger partial charge in [-0.05, 0) is 34.6 Å². The van der Waals surface area contributed by atoms with E-state index in [-0.39, 0.29) is 6.61 Å². The molecule has 1 amide bonds. The Kier molecular flexibility index (Phi) is 6.23. The zero-order valence-electron chi connectivity index (χ0n) is 11.6. The Morgan fingerprint density at radius 1 is 1.26 bits per heavy atom. The van der Waals surface area contributed by atoms with Crippen LogP contribution in [0.2, 0.25) is 0 Å². The van der Waals surface area contributed by atoms with Gasteiger partial charge in [-0.15, -0.1) is 0 Å². The molecule has 0 aliphatic rings. The Bertz CT molecular complexity index is 426. The maximum absolute atomic E-state index is 11.6. The van der Waals surface area contributed by atoms with Crippen molar-refractivity contribution in [2.24, 2.45) is 0 Å². The average molecular weight is 296 g/mol. The van der Waals surface area contributed by atoms with Crippen LogP contribution in [0.25, 0.3) is 0 Å². The molecule has 0 bridgehead atoms. The van der Waals surface area contributed by atoms with Gasteiger partial charge in [-0.25, -0.2) is 9.52 Å². The van der Waals surface area contributed by atoms with E-state index in [0.717, 1.165) is 0 Å². The fraction of sp³-hybridized carbons (Fsp3) is 0.800. The number of rotatable bonds is 5. The van der Waals surface area contributed by atoms with Crippen LogP contribution in [-0.2, 0) is 24.5 Å². The highest BCUT2D eigenvalue weighted by Crippen LogP contribution is 2.08. The summed E-state index contributed by atoms with van der Waals surface area (Å²) < 4.78 is 35.9. The molecule has 9 heteroatoms. The van der Waals surface area contributed by atoms with Crippen molar-refractivity contribution in [3.8, 4) is 0 Å². The molecule has 0 radical (unpaired) electrons. The predicted octanol–water partition coefficient (Wildman–Crippen LogP) is 0.297. The van der Waals surface area contributed by atoms with Crippen LogP contribution < -0.4 is 9.44 Å². The molecule has 0 aliphatic carbocycles. The Morgan fingerprint density at radius 3 is 2.21 bits per heavy atom. The molecule has 0 saturated heterocycles. The average Bonchev–Trinajstić information content (AvgIpc) is 2.12. The number of hydrogen-bond acceptors (Lipinski definition) is 6. The third kappa shape index (κ3) is 8.38. The van der Waals surface area contributed by atoms with Crippen molar-refractivity contribution >= 4 is 22.3 Å². The lowest BCUT2D eigenvalue weighted by Gasteiger charge is -2.22. The summed E-state index contributed by atoms with van der Waals surface area (Å²) in [7, 11) is -4.18. The van der Waals surface area contributed by atoms with Gasteiger partial charge in [0.2, 0.25) is 0 Å². The van der Waals surface area contributed by atoms with Gasteiger partial charge < -0.3 is 9.47 Å². The number of nitrogens with one attached hydrogen (secondary N) is 2. The van der Waals surface area contributed by atoms with Gasteiger partial charge in [-0.1, -0.05) is 0 Å². The van der Waals surface area contributed by atoms with E-state index < -0.39 is 33.9 Å². The molecular weight excluding hydrogens is 276 g/mol. The third-order valence-electron chi connectivity index (χ3n) is 1.59. The Morgan fingerprint density at radius 2 is 1.79 bits per heavy atom. The van der Waals surface area contributed by atoms with Gasteiger partial charge in [-0.3, -0.25) is 4.79 Å². The first-order valence-electron chi connectivity index (χ1n) is 5.66. The fourth-order valence-electron chi connectivity index (χ4n) is 0.971. The second-order valence-corrected chi connectivity index (χ2v) is 6.15. The molecule has 0 spiro atoms. The molecule has 1 atom stereocenters. The lowest BCUT2D eigenvalue weighted by Crippen LogP contribution is -2.48. The zero-order chi connectivity index (χ0) is 15.3. The van der Waals surface area contributed by atoms with Crippen molar-refractivity contribution in [2.45, 2.75) is 46.3 Å². The molecule has 0 aromatic heterocycles. The summed E-state index contributed by atoms with van der Waals surface area (Å²) in [6, 6.07) is -1.13. The maximum atomic E-state index is 11.6. The summed E-state index contributed by atoms with van der Waals surface area (Å²) in [5, 5.41) is 0. The zero-order valence-corrected chi connectivity index (χ0v) is 12.5. The number of amides is 1. The van der Waals surface area contributed by atoms with E-state index in [1.54, 1.807) is 25.5 Å². The first-order valence-corrected chi connectivity index (χ1v) is 7.15. The molecule has 0 rings (SSSR count). The number of ether oxygens (including phenoxy) is 2. The van der Waals surface area contributed by atoms with E-state index >= 15 is 0 Å². The van der Waals surface area contributed by atoms with E-state index in [0.29, 0.717) is 0 Å². The van der Waals surface area contributed by atoms with Crippen molar-refractivity contribution in [1.82, 2.24) is 9.44 Å². The van der Waals surface area contributed by atoms with Gasteiger partial charge in [0.15, 0.2) is 0 Å². The summed E-state index contributed by atoms with van der Waals surface area (Å²) in [5.41, 5.74) is -0.731. The molecule has 0 fully saturated rings. The Labute approximate surface area is 113 Å². The van der Waals surface area contributed by atoms with Crippen LogP contribution in [-0.4, -0.2) is 38.7 Å². The molecule has 8 nitrogen and oxygen atoms in total. The highest BCUT2D eigenvalue weighted by molar-refractivity contribution is 7.88. The van der Waals surface area contributed by atoms with Crippen molar-refractivity contribution in [3.63, 3.8) is 0 Å². The first kappa shape index (κ1) is 17.6. The molecule has 0 heterocycles. The Balaban J connectivity index is 4.50. The molecule has 0 aromatic rings. The number of carbonyl (C=O) groups is 2. The maximum Gasteiger partial charge on any atom is 0.421 e. The monoisotopic (exact) mass is 296 g/mol. The summed E-state index contributed by atoms with van der Waals surface area (Å²) >= 11 is 0. The molecule has 0 aromatic carbocycles. The van der Waals surface area contributed by atoms with Crippen molar-refractivity contribution in [3.05, 3.63) is 0 Å². The van der Waals surface area contributed by atoms with Gasteiger partial charge in [0, 0.05) is 0 Å². The highest BCUT2D eigenvalue weighted by atomic mass is 32.2. The van der Waals surface area contributed by atoms with Gasteiger partial charge in [-0.2, -0.15) is 13.1 Å². The fourth-order valence-corrected chi connectivity index (χ4v) is 1.87. The lowest BCUT2D eigenvalue weighted by molar-refractivity contribution is -0.156. The largest absolute Gasteiger partial charge is 0.459 e. The minimum absolute atomic E-state index is 0.0307. The third-order valence-corrected chi connectivity index (χ3v) is 2.68. The molecule has 2 N–H and O–H groups in total. The van der Waals surface area contributed by atoms with E-state index in [4.69, 9.17) is 4.74 Å². The van der Waals surface area contributed by atoms with Crippen LogP contribution >= 0.6 is 0 Å². The van der Waals surface area contributed by atoms with E-state index in [9.17, 15) is 18.0 Å². The normalized spacial score (nSPS) is 13.5. The van der Waals surface area contributed by atoms with Crippen LogP contribution in [0.5, 0.6) is 0 Å². The van der Waals surface area contributed by atoms with Gasteiger partial charge >= 0.3 is 22.3 Å². The second kappa shape index (κ2) is 6.71. The SMILES string of the molecule is CCOC(=O)NS(=O)(=O)N[C@@H](C)C(=O)OC(C)(C)C. The van der Waals surface area contributed by atoms with Gasteiger partial charge in [0.05, 0.1) is 6.61 Å². The van der Waals surface area contributed by atoms with Crippen LogP contribution in [0.4, 0.5) is 4.79 Å². The summed E-state index contributed by atoms with van der Waals surface area (Å²) in [5.74, 6) is -0.748. The standard InChI is InChI=1S/C10H20N2O6S/c1-6-17-9(14)12-19(15,16)11-7(2)8(13)18-10(3,4)5/h7,11H,6H2,1-5H3,(H,12,14)/t7-/m0/s1. The van der Waals surface area contributed by atoms with Crippen LogP contribution in [0.3, 0.4) is 0 Å². The molecular formula is C10H20N2O6S. The van der Waals surface area contributed by atoms with Gasteiger partial charge in [0.25, 0.3) is 0 Å². The molecule has 0 saturated carbocycles. The minimum atomic E-state index is -4.18. The predicted molar refractivity (Wildman–Crippen MR) is 67.5 cm³/mol. The summed E-state index contributed by atoms with van der Waals surface area (Å²) in [4.78, 5) is 22.5. The van der Waals surface area contributed by atoms with Crippen LogP contribution in [0, 0.1) is 0 Å². The van der Waals surface area contributed by atoms with Gasteiger partial charge in [0.1, 0.15) is 11.6 Å². The summed E-state index contributed by atoms with van der Waals surface area (Å²) in [6.07, 6.45) is -1.12. The van der Waals surface area contributed by atoms with Crippen LogP contribution in [0.15, 0.2) is 0 Å². The molecule has 0 aliphatic heterocycles. The van der Waals surface area contributed by atoms with E-state index in [1.165, 1.54) is 13.8 Å². The second-order valence-electron chi connectivity index (χ2n) is 4.70. The number of hydrogen-bond donors (Lipinski definition) is 2. The van der Waals surface area contributed by atoms with Crippen LogP contribution in [0.1, 0.15) is 34.6 Å². The van der Waals surface area contributed by atoms with Crippen molar-refractivity contribution in [2.75, 3.05) is 6.61 Å². The number of esters is 1. The summed E-state index contributed by atoms with van der Waals surface area (Å²) in [6.45, 7) is 7.83. The smallest absolute Gasteiger partial charge is 0.421 e. The molecule has 19 heavy (non-hydrogen) atoms. The van der Waals surface area contributed by atoms with Crippen molar-refractivity contribution in [1.29, 1.82) is 0 Å².